The lowest BCUT2D eigenvalue weighted by molar-refractivity contribution is -0.121. The molecule has 0 saturated carbocycles. The van der Waals surface area contributed by atoms with Crippen molar-refractivity contribution >= 4 is 22.7 Å². The van der Waals surface area contributed by atoms with Gasteiger partial charge in [-0.25, -0.2) is 13.8 Å². The molecule has 2 aromatic heterocycles. The fourth-order valence-corrected chi connectivity index (χ4v) is 2.98. The molecular weight excluding hydrogens is 394 g/mol. The highest BCUT2D eigenvalue weighted by atomic mass is 19.1. The van der Waals surface area contributed by atoms with Crippen molar-refractivity contribution in [2.45, 2.75) is 12.8 Å². The molecule has 2 aromatic carbocycles. The number of nitrogens with one attached hydrogen (secondary N) is 3. The van der Waals surface area contributed by atoms with Crippen LogP contribution in [-0.4, -0.2) is 21.8 Å². The van der Waals surface area contributed by atoms with Crippen molar-refractivity contribution in [3.8, 4) is 11.3 Å². The molecule has 0 aliphatic rings. The van der Waals surface area contributed by atoms with Crippen LogP contribution in [0.1, 0.15) is 22.7 Å². The van der Waals surface area contributed by atoms with Gasteiger partial charge < -0.3 is 9.40 Å². The van der Waals surface area contributed by atoms with Gasteiger partial charge in [0.25, 0.3) is 5.91 Å². The van der Waals surface area contributed by atoms with Crippen LogP contribution in [0.5, 0.6) is 0 Å². The van der Waals surface area contributed by atoms with E-state index in [1.807, 2.05) is 18.2 Å². The number of hydrogen-bond acceptors (Lipinski definition) is 4. The van der Waals surface area contributed by atoms with Crippen LogP contribution < -0.4 is 10.9 Å². The van der Waals surface area contributed by atoms with E-state index in [0.29, 0.717) is 5.56 Å². The van der Waals surface area contributed by atoms with E-state index in [0.717, 1.165) is 23.0 Å². The van der Waals surface area contributed by atoms with Crippen molar-refractivity contribution in [3.05, 3.63) is 77.9 Å². The van der Waals surface area contributed by atoms with E-state index in [-0.39, 0.29) is 30.1 Å². The standard InChI is InChI=1S/C21H16F2N4O3/c22-12-5-6-14(16(23)9-12)18-11-25-20(30-18)8-7-19(28)26-27-21(29)15-10-24-17-4-2-1-3-13(15)17/h1-6,9-11,24H,7-8H2,(H,26,28)(H,27,29). The molecule has 0 atom stereocenters. The number of oxazole rings is 1. The molecule has 4 aromatic rings. The number of fused-ring (bicyclic) bond motifs is 1. The highest BCUT2D eigenvalue weighted by Gasteiger charge is 2.15. The van der Waals surface area contributed by atoms with Gasteiger partial charge >= 0.3 is 0 Å². The van der Waals surface area contributed by atoms with Gasteiger partial charge in [0.2, 0.25) is 5.91 Å². The number of carbonyl (C=O) groups excluding carboxylic acids is 2. The highest BCUT2D eigenvalue weighted by molar-refractivity contribution is 6.07. The van der Waals surface area contributed by atoms with Gasteiger partial charge in [0.15, 0.2) is 11.7 Å². The van der Waals surface area contributed by atoms with Crippen LogP contribution in [0.3, 0.4) is 0 Å². The van der Waals surface area contributed by atoms with Crippen LogP contribution in [0.15, 0.2) is 59.3 Å². The number of carbonyl (C=O) groups is 2. The summed E-state index contributed by atoms with van der Waals surface area (Å²) in [5.74, 6) is -2.01. The van der Waals surface area contributed by atoms with E-state index in [1.54, 1.807) is 12.3 Å². The summed E-state index contributed by atoms with van der Waals surface area (Å²) in [4.78, 5) is 31.3. The lowest BCUT2D eigenvalue weighted by atomic mass is 10.2. The minimum Gasteiger partial charge on any atom is -0.441 e. The Hall–Kier alpha value is -4.01. The van der Waals surface area contributed by atoms with Gasteiger partial charge in [-0.3, -0.25) is 20.4 Å². The number of hydrogen-bond donors (Lipinski definition) is 3. The number of aryl methyl sites for hydroxylation is 1. The molecule has 0 radical (unpaired) electrons. The second-order valence-corrected chi connectivity index (χ2v) is 6.49. The first-order valence-corrected chi connectivity index (χ1v) is 9.06. The zero-order valence-electron chi connectivity index (χ0n) is 15.5. The molecule has 152 valence electrons. The number of aromatic nitrogens is 2. The van der Waals surface area contributed by atoms with E-state index in [4.69, 9.17) is 4.42 Å². The lowest BCUT2D eigenvalue weighted by Gasteiger charge is -2.06. The maximum Gasteiger partial charge on any atom is 0.271 e. The number of amides is 2. The van der Waals surface area contributed by atoms with E-state index in [2.05, 4.69) is 20.8 Å². The number of hydrazine groups is 1. The fraction of sp³-hybridized carbons (Fsp3) is 0.0952. The van der Waals surface area contributed by atoms with Crippen molar-refractivity contribution < 1.29 is 22.8 Å². The Kier molecular flexibility index (Phi) is 5.25. The van der Waals surface area contributed by atoms with Gasteiger partial charge in [-0.1, -0.05) is 18.2 Å². The Morgan fingerprint density at radius 3 is 2.77 bits per heavy atom. The predicted molar refractivity (Wildman–Crippen MR) is 104 cm³/mol. The minimum absolute atomic E-state index is 0.0139. The molecule has 0 spiro atoms. The first-order valence-electron chi connectivity index (χ1n) is 9.06. The Bertz CT molecular complexity index is 1230. The van der Waals surface area contributed by atoms with Crippen molar-refractivity contribution in [1.82, 2.24) is 20.8 Å². The molecule has 9 heteroatoms. The summed E-state index contributed by atoms with van der Waals surface area (Å²) in [5, 5.41) is 0.740. The van der Waals surface area contributed by atoms with Crippen molar-refractivity contribution in [3.63, 3.8) is 0 Å². The summed E-state index contributed by atoms with van der Waals surface area (Å²) in [6.45, 7) is 0. The molecule has 0 fully saturated rings. The molecule has 2 heterocycles. The summed E-state index contributed by atoms with van der Waals surface area (Å²) in [6, 6.07) is 10.4. The molecule has 30 heavy (non-hydrogen) atoms. The first-order chi connectivity index (χ1) is 14.5. The predicted octanol–water partition coefficient (Wildman–Crippen LogP) is 3.49. The number of H-pyrrole nitrogens is 1. The molecule has 2 amide bonds. The van der Waals surface area contributed by atoms with Gasteiger partial charge in [0.1, 0.15) is 11.6 Å². The highest BCUT2D eigenvalue weighted by Crippen LogP contribution is 2.24. The first kappa shape index (κ1) is 19.3. The quantitative estimate of drug-likeness (QED) is 0.439. The number of nitrogens with zero attached hydrogens (tertiary/aromatic N) is 1. The summed E-state index contributed by atoms with van der Waals surface area (Å²) in [5.41, 5.74) is 5.99. The molecule has 0 aliphatic heterocycles. The zero-order valence-corrected chi connectivity index (χ0v) is 15.5. The van der Waals surface area contributed by atoms with Crippen LogP contribution in [0.25, 0.3) is 22.2 Å². The van der Waals surface area contributed by atoms with Crippen molar-refractivity contribution in [2.24, 2.45) is 0 Å². The Balaban J connectivity index is 1.31. The average molecular weight is 410 g/mol. The third-order valence-corrected chi connectivity index (χ3v) is 4.47. The second-order valence-electron chi connectivity index (χ2n) is 6.49. The normalized spacial score (nSPS) is 10.9. The fourth-order valence-electron chi connectivity index (χ4n) is 2.98. The second kappa shape index (κ2) is 8.16. The van der Waals surface area contributed by atoms with Crippen molar-refractivity contribution in [1.29, 1.82) is 0 Å². The summed E-state index contributed by atoms with van der Waals surface area (Å²) >= 11 is 0. The number of rotatable bonds is 5. The molecule has 0 unspecified atom stereocenters. The van der Waals surface area contributed by atoms with E-state index in [9.17, 15) is 18.4 Å². The Morgan fingerprint density at radius 1 is 1.10 bits per heavy atom. The summed E-state index contributed by atoms with van der Waals surface area (Å²) in [7, 11) is 0. The smallest absolute Gasteiger partial charge is 0.271 e. The van der Waals surface area contributed by atoms with Crippen LogP contribution in [0.4, 0.5) is 8.78 Å². The monoisotopic (exact) mass is 410 g/mol. The van der Waals surface area contributed by atoms with Gasteiger partial charge in [-0.15, -0.1) is 0 Å². The van der Waals surface area contributed by atoms with Gasteiger partial charge in [0.05, 0.1) is 17.3 Å². The molecular formula is C21H16F2N4O3. The zero-order chi connectivity index (χ0) is 21.1. The van der Waals surface area contributed by atoms with Gasteiger partial charge in [0, 0.05) is 36.0 Å². The molecule has 4 rings (SSSR count). The number of halogens is 2. The third kappa shape index (κ3) is 4.04. The minimum atomic E-state index is -0.768. The largest absolute Gasteiger partial charge is 0.441 e. The summed E-state index contributed by atoms with van der Waals surface area (Å²) < 4.78 is 32.3. The maximum absolute atomic E-state index is 13.8. The summed E-state index contributed by atoms with van der Waals surface area (Å²) in [6.07, 6.45) is 3.00. The van der Waals surface area contributed by atoms with Crippen LogP contribution in [0, 0.1) is 11.6 Å². The van der Waals surface area contributed by atoms with E-state index < -0.39 is 23.4 Å². The van der Waals surface area contributed by atoms with Crippen molar-refractivity contribution in [2.75, 3.05) is 0 Å². The van der Waals surface area contributed by atoms with E-state index >= 15 is 0 Å². The number of para-hydroxylation sites is 1. The van der Waals surface area contributed by atoms with Crippen LogP contribution >= 0.6 is 0 Å². The van der Waals surface area contributed by atoms with Gasteiger partial charge in [-0.2, -0.15) is 0 Å². The molecule has 0 saturated heterocycles. The SMILES string of the molecule is O=C(CCc1ncc(-c2ccc(F)cc2F)o1)NNC(=O)c1c[nH]c2ccccc12. The van der Waals surface area contributed by atoms with E-state index in [1.165, 1.54) is 12.3 Å². The molecule has 0 bridgehead atoms. The molecule has 0 aliphatic carbocycles. The lowest BCUT2D eigenvalue weighted by Crippen LogP contribution is -2.41. The molecule has 3 N–H and O–H groups in total. The molecule has 7 nitrogen and oxygen atoms in total. The average Bonchev–Trinajstić information content (AvgIpc) is 3.37. The number of aromatic amines is 1. The van der Waals surface area contributed by atoms with Crippen LogP contribution in [-0.2, 0) is 11.2 Å². The van der Waals surface area contributed by atoms with Gasteiger partial charge in [-0.05, 0) is 18.2 Å². The number of benzene rings is 2. The topological polar surface area (TPSA) is 100 Å². The maximum atomic E-state index is 13.8. The Labute approximate surface area is 169 Å². The van der Waals surface area contributed by atoms with Crippen LogP contribution in [0.2, 0.25) is 0 Å². The Morgan fingerprint density at radius 2 is 1.93 bits per heavy atom. The third-order valence-electron chi connectivity index (χ3n) is 4.47.